The van der Waals surface area contributed by atoms with Crippen LogP contribution in [0.2, 0.25) is 5.02 Å². The van der Waals surface area contributed by atoms with Gasteiger partial charge in [0.1, 0.15) is 0 Å². The third kappa shape index (κ3) is 6.80. The highest BCUT2D eigenvalue weighted by molar-refractivity contribution is 8.01. The number of rotatable bonds is 7. The SMILES string of the molecule is Cc1ccc(NC(=O)CSC(C)C(=O)Nc2ccc(C(=O)N(C)C)c(Cl)c2)cc1. The van der Waals surface area contributed by atoms with Crippen molar-refractivity contribution in [3.8, 4) is 0 Å². The van der Waals surface area contributed by atoms with Crippen molar-refractivity contribution in [3.05, 3.63) is 58.6 Å². The molecule has 8 heteroatoms. The number of amides is 3. The molecule has 2 aromatic carbocycles. The van der Waals surface area contributed by atoms with Crippen molar-refractivity contribution in [3.63, 3.8) is 0 Å². The summed E-state index contributed by atoms with van der Waals surface area (Å²) < 4.78 is 0. The predicted molar refractivity (Wildman–Crippen MR) is 120 cm³/mol. The molecule has 0 saturated heterocycles. The van der Waals surface area contributed by atoms with Gasteiger partial charge >= 0.3 is 0 Å². The van der Waals surface area contributed by atoms with Crippen LogP contribution in [-0.2, 0) is 9.59 Å². The summed E-state index contributed by atoms with van der Waals surface area (Å²) in [6.45, 7) is 3.70. The van der Waals surface area contributed by atoms with Crippen molar-refractivity contribution in [2.75, 3.05) is 30.5 Å². The summed E-state index contributed by atoms with van der Waals surface area (Å²) in [5.74, 6) is -0.482. The molecule has 0 aliphatic carbocycles. The Morgan fingerprint density at radius 2 is 1.66 bits per heavy atom. The van der Waals surface area contributed by atoms with Crippen LogP contribution in [0.1, 0.15) is 22.8 Å². The van der Waals surface area contributed by atoms with Crippen LogP contribution in [0.4, 0.5) is 11.4 Å². The van der Waals surface area contributed by atoms with E-state index < -0.39 is 5.25 Å². The molecule has 0 heterocycles. The number of halogens is 1. The number of carbonyl (C=O) groups is 3. The highest BCUT2D eigenvalue weighted by Gasteiger charge is 2.17. The first-order valence-corrected chi connectivity index (χ1v) is 10.4. The van der Waals surface area contributed by atoms with Crippen molar-refractivity contribution in [1.29, 1.82) is 0 Å². The minimum Gasteiger partial charge on any atom is -0.345 e. The Kier molecular flexibility index (Phi) is 8.10. The smallest absolute Gasteiger partial charge is 0.254 e. The van der Waals surface area contributed by atoms with Crippen LogP contribution in [0.3, 0.4) is 0 Å². The molecule has 2 aromatic rings. The number of hydrogen-bond donors (Lipinski definition) is 2. The molecule has 0 saturated carbocycles. The molecule has 1 atom stereocenters. The predicted octanol–water partition coefficient (Wildman–Crippen LogP) is 4.05. The average molecular weight is 434 g/mol. The summed E-state index contributed by atoms with van der Waals surface area (Å²) in [5.41, 5.74) is 2.69. The van der Waals surface area contributed by atoms with Gasteiger partial charge in [-0.2, -0.15) is 0 Å². The Morgan fingerprint density at radius 3 is 2.24 bits per heavy atom. The largest absolute Gasteiger partial charge is 0.345 e. The van der Waals surface area contributed by atoms with E-state index >= 15 is 0 Å². The first-order chi connectivity index (χ1) is 13.7. The Balaban J connectivity index is 1.87. The lowest BCUT2D eigenvalue weighted by atomic mass is 10.2. The van der Waals surface area contributed by atoms with Gasteiger partial charge in [-0.25, -0.2) is 0 Å². The van der Waals surface area contributed by atoms with Crippen LogP contribution in [0.15, 0.2) is 42.5 Å². The van der Waals surface area contributed by atoms with Crippen molar-refractivity contribution in [1.82, 2.24) is 4.90 Å². The van der Waals surface area contributed by atoms with Crippen molar-refractivity contribution in [2.45, 2.75) is 19.1 Å². The zero-order valence-corrected chi connectivity index (χ0v) is 18.4. The van der Waals surface area contributed by atoms with Gasteiger partial charge < -0.3 is 15.5 Å². The van der Waals surface area contributed by atoms with Crippen molar-refractivity contribution < 1.29 is 14.4 Å². The molecule has 1 unspecified atom stereocenters. The highest BCUT2D eigenvalue weighted by atomic mass is 35.5. The number of nitrogens with one attached hydrogen (secondary N) is 2. The normalized spacial score (nSPS) is 11.5. The lowest BCUT2D eigenvalue weighted by molar-refractivity contribution is -0.115. The Morgan fingerprint density at radius 1 is 1.03 bits per heavy atom. The van der Waals surface area contributed by atoms with E-state index in [9.17, 15) is 14.4 Å². The lowest BCUT2D eigenvalue weighted by Crippen LogP contribution is -2.25. The first kappa shape index (κ1) is 22.8. The fourth-order valence-corrected chi connectivity index (χ4v) is 3.31. The molecule has 3 amide bonds. The van der Waals surface area contributed by atoms with E-state index in [1.807, 2.05) is 31.2 Å². The van der Waals surface area contributed by atoms with E-state index in [0.717, 1.165) is 11.3 Å². The van der Waals surface area contributed by atoms with Crippen LogP contribution in [-0.4, -0.2) is 47.7 Å². The van der Waals surface area contributed by atoms with E-state index in [-0.39, 0.29) is 28.5 Å². The number of hydrogen-bond acceptors (Lipinski definition) is 4. The fourth-order valence-electron chi connectivity index (χ4n) is 2.36. The van der Waals surface area contributed by atoms with Crippen molar-refractivity contribution >= 4 is 52.5 Å². The molecule has 0 radical (unpaired) electrons. The second-order valence-electron chi connectivity index (χ2n) is 6.75. The van der Waals surface area contributed by atoms with Gasteiger partial charge in [0, 0.05) is 25.5 Å². The van der Waals surface area contributed by atoms with Gasteiger partial charge in [-0.3, -0.25) is 14.4 Å². The quantitative estimate of drug-likeness (QED) is 0.690. The van der Waals surface area contributed by atoms with E-state index in [4.69, 9.17) is 11.6 Å². The van der Waals surface area contributed by atoms with Gasteiger partial charge in [-0.05, 0) is 44.2 Å². The molecule has 0 fully saturated rings. The third-order valence-electron chi connectivity index (χ3n) is 4.04. The third-order valence-corrected chi connectivity index (χ3v) is 5.50. The molecular weight excluding hydrogens is 410 g/mol. The van der Waals surface area contributed by atoms with Gasteiger partial charge in [0.05, 0.1) is 21.6 Å². The van der Waals surface area contributed by atoms with E-state index in [1.54, 1.807) is 33.2 Å². The highest BCUT2D eigenvalue weighted by Crippen LogP contribution is 2.23. The molecule has 6 nitrogen and oxygen atoms in total. The molecule has 2 rings (SSSR count). The van der Waals surface area contributed by atoms with Gasteiger partial charge in [-0.15, -0.1) is 11.8 Å². The summed E-state index contributed by atoms with van der Waals surface area (Å²) >= 11 is 7.40. The number of thioether (sulfide) groups is 1. The minimum absolute atomic E-state index is 0.152. The molecule has 0 aliphatic heterocycles. The fraction of sp³-hybridized carbons (Fsp3) is 0.286. The monoisotopic (exact) mass is 433 g/mol. The van der Waals surface area contributed by atoms with E-state index in [2.05, 4.69) is 10.6 Å². The van der Waals surface area contributed by atoms with Gasteiger partial charge in [0.15, 0.2) is 0 Å². The number of aryl methyl sites for hydroxylation is 1. The van der Waals surface area contributed by atoms with E-state index in [1.165, 1.54) is 22.7 Å². The summed E-state index contributed by atoms with van der Waals surface area (Å²) in [4.78, 5) is 37.9. The molecular formula is C21H24ClN3O3S. The molecule has 0 bridgehead atoms. The number of nitrogens with zero attached hydrogens (tertiary/aromatic N) is 1. The average Bonchev–Trinajstić information content (AvgIpc) is 2.67. The molecule has 154 valence electrons. The zero-order chi connectivity index (χ0) is 21.6. The van der Waals surface area contributed by atoms with Crippen LogP contribution < -0.4 is 10.6 Å². The standard InChI is InChI=1S/C21H24ClN3O3S/c1-13-5-7-15(8-6-13)23-19(26)12-29-14(2)20(27)24-16-9-10-17(18(22)11-16)21(28)25(3)4/h5-11,14H,12H2,1-4H3,(H,23,26)(H,24,27). The molecule has 2 N–H and O–H groups in total. The Labute approximate surface area is 180 Å². The number of benzene rings is 2. The van der Waals surface area contributed by atoms with Crippen LogP contribution >= 0.6 is 23.4 Å². The molecule has 0 aromatic heterocycles. The summed E-state index contributed by atoms with van der Waals surface area (Å²) in [7, 11) is 3.28. The maximum absolute atomic E-state index is 12.4. The number of carbonyl (C=O) groups excluding carboxylic acids is 3. The minimum atomic E-state index is -0.444. The first-order valence-electron chi connectivity index (χ1n) is 8.97. The van der Waals surface area contributed by atoms with Gasteiger partial charge in [0.2, 0.25) is 11.8 Å². The molecule has 0 spiro atoms. The van der Waals surface area contributed by atoms with Crippen LogP contribution in [0.5, 0.6) is 0 Å². The van der Waals surface area contributed by atoms with E-state index in [0.29, 0.717) is 11.3 Å². The molecule has 29 heavy (non-hydrogen) atoms. The van der Waals surface area contributed by atoms with Crippen molar-refractivity contribution in [2.24, 2.45) is 0 Å². The maximum Gasteiger partial charge on any atom is 0.254 e. The second kappa shape index (κ2) is 10.3. The summed E-state index contributed by atoms with van der Waals surface area (Å²) in [6, 6.07) is 12.3. The zero-order valence-electron chi connectivity index (χ0n) is 16.8. The van der Waals surface area contributed by atoms with Crippen LogP contribution in [0, 0.1) is 6.92 Å². The van der Waals surface area contributed by atoms with Crippen LogP contribution in [0.25, 0.3) is 0 Å². The second-order valence-corrected chi connectivity index (χ2v) is 8.49. The number of anilines is 2. The Bertz CT molecular complexity index is 901. The summed E-state index contributed by atoms with van der Waals surface area (Å²) in [6.07, 6.45) is 0. The maximum atomic E-state index is 12.4. The lowest BCUT2D eigenvalue weighted by Gasteiger charge is -2.14. The van der Waals surface area contributed by atoms with Gasteiger partial charge in [-0.1, -0.05) is 29.3 Å². The summed E-state index contributed by atoms with van der Waals surface area (Å²) in [5, 5.41) is 5.38. The molecule has 0 aliphatic rings. The Hall–Kier alpha value is -2.51. The van der Waals surface area contributed by atoms with Gasteiger partial charge in [0.25, 0.3) is 5.91 Å². The topological polar surface area (TPSA) is 78.5 Å².